The first kappa shape index (κ1) is 20.1. The van der Waals surface area contributed by atoms with Crippen LogP contribution in [0.25, 0.3) is 21.9 Å². The molecule has 5 aromatic rings. The number of aryl methyl sites for hydroxylation is 1. The second-order valence-corrected chi connectivity index (χ2v) is 8.08. The SMILES string of the molecule is Cc1c[nH]c2ncc(CNC(=O)c3cncc(Cc4ccc5ncc(Cl)cc5c4)n3)cc12. The molecule has 0 fully saturated rings. The average molecular weight is 443 g/mol. The van der Waals surface area contributed by atoms with Crippen LogP contribution in [0.3, 0.4) is 0 Å². The van der Waals surface area contributed by atoms with Crippen LogP contribution in [-0.4, -0.2) is 30.8 Å². The second-order valence-electron chi connectivity index (χ2n) is 7.65. The van der Waals surface area contributed by atoms with Crippen molar-refractivity contribution in [3.05, 3.63) is 94.4 Å². The molecule has 0 aliphatic rings. The number of rotatable bonds is 5. The first-order valence-electron chi connectivity index (χ1n) is 10.1. The Kier molecular flexibility index (Phi) is 5.25. The molecule has 0 saturated heterocycles. The van der Waals surface area contributed by atoms with E-state index in [0.717, 1.165) is 38.6 Å². The fourth-order valence-electron chi connectivity index (χ4n) is 3.62. The Labute approximate surface area is 188 Å². The van der Waals surface area contributed by atoms with E-state index in [1.807, 2.05) is 43.5 Å². The first-order valence-corrected chi connectivity index (χ1v) is 10.5. The van der Waals surface area contributed by atoms with E-state index in [9.17, 15) is 4.79 Å². The van der Waals surface area contributed by atoms with E-state index in [-0.39, 0.29) is 11.6 Å². The lowest BCUT2D eigenvalue weighted by Crippen LogP contribution is -2.24. The molecule has 7 nitrogen and oxygen atoms in total. The van der Waals surface area contributed by atoms with Crippen molar-refractivity contribution in [3.8, 4) is 0 Å². The molecular weight excluding hydrogens is 424 g/mol. The zero-order valence-electron chi connectivity index (χ0n) is 17.3. The Morgan fingerprint density at radius 2 is 1.97 bits per heavy atom. The van der Waals surface area contributed by atoms with Gasteiger partial charge < -0.3 is 10.3 Å². The summed E-state index contributed by atoms with van der Waals surface area (Å²) in [6, 6.07) is 9.86. The Morgan fingerprint density at radius 1 is 1.06 bits per heavy atom. The number of nitrogens with zero attached hydrogens (tertiary/aromatic N) is 4. The van der Waals surface area contributed by atoms with Crippen molar-refractivity contribution in [1.29, 1.82) is 0 Å². The van der Waals surface area contributed by atoms with Crippen LogP contribution < -0.4 is 5.32 Å². The van der Waals surface area contributed by atoms with Gasteiger partial charge in [0, 0.05) is 48.5 Å². The molecule has 4 heterocycles. The summed E-state index contributed by atoms with van der Waals surface area (Å²) < 4.78 is 0. The highest BCUT2D eigenvalue weighted by atomic mass is 35.5. The van der Waals surface area contributed by atoms with E-state index in [1.165, 1.54) is 6.20 Å². The zero-order chi connectivity index (χ0) is 22.1. The summed E-state index contributed by atoms with van der Waals surface area (Å²) in [4.78, 5) is 33.2. The molecule has 1 aromatic carbocycles. The number of hydrogen-bond acceptors (Lipinski definition) is 5. The quantitative estimate of drug-likeness (QED) is 0.421. The van der Waals surface area contributed by atoms with Crippen molar-refractivity contribution in [1.82, 2.24) is 30.2 Å². The van der Waals surface area contributed by atoms with Crippen LogP contribution in [-0.2, 0) is 13.0 Å². The van der Waals surface area contributed by atoms with Crippen LogP contribution in [0.5, 0.6) is 0 Å². The number of aromatic nitrogens is 5. The van der Waals surface area contributed by atoms with Crippen LogP contribution in [0.4, 0.5) is 0 Å². The van der Waals surface area contributed by atoms with Gasteiger partial charge in [-0.2, -0.15) is 0 Å². The van der Waals surface area contributed by atoms with Gasteiger partial charge in [-0.1, -0.05) is 17.7 Å². The van der Waals surface area contributed by atoms with E-state index in [4.69, 9.17) is 11.6 Å². The number of H-pyrrole nitrogens is 1. The van der Waals surface area contributed by atoms with E-state index in [2.05, 4.69) is 30.2 Å². The summed E-state index contributed by atoms with van der Waals surface area (Å²) in [5, 5.41) is 5.50. The lowest BCUT2D eigenvalue weighted by molar-refractivity contribution is 0.0945. The van der Waals surface area contributed by atoms with Gasteiger partial charge in [-0.3, -0.25) is 14.8 Å². The number of hydrogen-bond donors (Lipinski definition) is 2. The lowest BCUT2D eigenvalue weighted by Gasteiger charge is -2.07. The van der Waals surface area contributed by atoms with Gasteiger partial charge in [0.15, 0.2) is 0 Å². The minimum atomic E-state index is -0.278. The van der Waals surface area contributed by atoms with Crippen LogP contribution in [0.1, 0.15) is 32.9 Å². The van der Waals surface area contributed by atoms with Crippen molar-refractivity contribution in [2.75, 3.05) is 0 Å². The molecule has 8 heteroatoms. The topological polar surface area (TPSA) is 96.5 Å². The van der Waals surface area contributed by atoms with Crippen molar-refractivity contribution in [2.24, 2.45) is 0 Å². The summed E-state index contributed by atoms with van der Waals surface area (Å²) in [6.45, 7) is 2.38. The van der Waals surface area contributed by atoms with Gasteiger partial charge in [-0.05, 0) is 47.9 Å². The molecule has 0 aliphatic carbocycles. The Balaban J connectivity index is 1.29. The molecule has 1 amide bonds. The fraction of sp³-hybridized carbons (Fsp3) is 0.125. The Morgan fingerprint density at radius 3 is 2.88 bits per heavy atom. The first-order chi connectivity index (χ1) is 15.5. The van der Waals surface area contributed by atoms with Gasteiger partial charge in [0.1, 0.15) is 11.3 Å². The number of halogens is 1. The molecule has 0 spiro atoms. The number of amides is 1. The van der Waals surface area contributed by atoms with Crippen LogP contribution >= 0.6 is 11.6 Å². The molecule has 0 atom stereocenters. The highest BCUT2D eigenvalue weighted by Gasteiger charge is 2.11. The molecule has 4 aromatic heterocycles. The van der Waals surface area contributed by atoms with Crippen molar-refractivity contribution < 1.29 is 4.79 Å². The van der Waals surface area contributed by atoms with Crippen LogP contribution in [0, 0.1) is 6.92 Å². The highest BCUT2D eigenvalue weighted by Crippen LogP contribution is 2.20. The molecule has 158 valence electrons. The van der Waals surface area contributed by atoms with E-state index < -0.39 is 0 Å². The summed E-state index contributed by atoms with van der Waals surface area (Å²) in [5.41, 5.74) is 5.77. The standard InChI is InChI=1S/C24H19ClN6O/c1-14-8-28-23-20(14)6-16(9-29-23)10-30-24(32)22-13-26-12-19(31-22)5-15-2-3-21-17(4-15)7-18(25)11-27-21/h2-4,6-9,11-13H,5,10H2,1H3,(H,28,29)(H,30,32). The monoisotopic (exact) mass is 442 g/mol. The predicted molar refractivity (Wildman–Crippen MR) is 124 cm³/mol. The molecule has 0 aliphatic heterocycles. The lowest BCUT2D eigenvalue weighted by atomic mass is 10.1. The van der Waals surface area contributed by atoms with Crippen molar-refractivity contribution >= 4 is 39.4 Å². The number of nitrogens with one attached hydrogen (secondary N) is 2. The third-order valence-electron chi connectivity index (χ3n) is 5.26. The normalized spacial score (nSPS) is 11.2. The smallest absolute Gasteiger partial charge is 0.271 e. The largest absolute Gasteiger partial charge is 0.347 e. The summed E-state index contributed by atoms with van der Waals surface area (Å²) in [5.74, 6) is -0.278. The van der Waals surface area contributed by atoms with Crippen LogP contribution in [0.15, 0.2) is 61.3 Å². The van der Waals surface area contributed by atoms with Gasteiger partial charge in [0.2, 0.25) is 0 Å². The molecule has 0 saturated carbocycles. The molecule has 0 radical (unpaired) electrons. The maximum atomic E-state index is 12.7. The molecule has 0 unspecified atom stereocenters. The van der Waals surface area contributed by atoms with Crippen LogP contribution in [0.2, 0.25) is 5.02 Å². The van der Waals surface area contributed by atoms with E-state index in [1.54, 1.807) is 18.6 Å². The number of carbonyl (C=O) groups excluding carboxylic acids is 1. The molecule has 5 rings (SSSR count). The van der Waals surface area contributed by atoms with Gasteiger partial charge in [-0.15, -0.1) is 0 Å². The maximum absolute atomic E-state index is 12.7. The molecule has 2 N–H and O–H groups in total. The number of fused-ring (bicyclic) bond motifs is 2. The summed E-state index contributed by atoms with van der Waals surface area (Å²) in [6.07, 6.45) is 8.99. The summed E-state index contributed by atoms with van der Waals surface area (Å²) in [7, 11) is 0. The number of carbonyl (C=O) groups is 1. The number of pyridine rings is 2. The number of aromatic amines is 1. The molecule has 32 heavy (non-hydrogen) atoms. The number of benzene rings is 1. The zero-order valence-corrected chi connectivity index (χ0v) is 18.0. The Hall–Kier alpha value is -3.84. The average Bonchev–Trinajstić information content (AvgIpc) is 3.17. The third-order valence-corrected chi connectivity index (χ3v) is 5.47. The molecular formula is C24H19ClN6O. The maximum Gasteiger partial charge on any atom is 0.271 e. The highest BCUT2D eigenvalue weighted by molar-refractivity contribution is 6.31. The van der Waals surface area contributed by atoms with E-state index >= 15 is 0 Å². The van der Waals surface area contributed by atoms with Crippen molar-refractivity contribution in [2.45, 2.75) is 19.9 Å². The van der Waals surface area contributed by atoms with Gasteiger partial charge in [0.25, 0.3) is 5.91 Å². The van der Waals surface area contributed by atoms with Gasteiger partial charge >= 0.3 is 0 Å². The van der Waals surface area contributed by atoms with E-state index in [0.29, 0.717) is 23.7 Å². The van der Waals surface area contributed by atoms with Gasteiger partial charge in [0.05, 0.1) is 22.4 Å². The van der Waals surface area contributed by atoms with Crippen molar-refractivity contribution in [3.63, 3.8) is 0 Å². The third kappa shape index (κ3) is 4.15. The summed E-state index contributed by atoms with van der Waals surface area (Å²) >= 11 is 6.06. The minimum absolute atomic E-state index is 0.278. The predicted octanol–water partition coefficient (Wildman–Crippen LogP) is 4.38. The fourth-order valence-corrected chi connectivity index (χ4v) is 3.79. The molecule has 0 bridgehead atoms. The minimum Gasteiger partial charge on any atom is -0.347 e. The second kappa shape index (κ2) is 8.36. The Bertz CT molecular complexity index is 1460. The van der Waals surface area contributed by atoms with Gasteiger partial charge in [-0.25, -0.2) is 9.97 Å².